The molecule has 0 aliphatic heterocycles. The highest BCUT2D eigenvalue weighted by Gasteiger charge is 2.25. The van der Waals surface area contributed by atoms with Gasteiger partial charge in [0.05, 0.1) is 12.1 Å². The minimum absolute atomic E-state index is 0.00422. The molecule has 0 atom stereocenters. The normalized spacial score (nSPS) is 11.9. The first-order valence-corrected chi connectivity index (χ1v) is 5.86. The van der Waals surface area contributed by atoms with Crippen molar-refractivity contribution in [3.05, 3.63) is 0 Å². The largest absolute Gasteiger partial charge is 0.375 e. The number of nitrogens with two attached hydrogens (primary N) is 1. The summed E-state index contributed by atoms with van der Waals surface area (Å²) in [6.45, 7) is 3.64. The molecule has 0 aromatic heterocycles. The summed E-state index contributed by atoms with van der Waals surface area (Å²) in [5.41, 5.74) is 5.24. The van der Waals surface area contributed by atoms with Crippen molar-refractivity contribution in [3.8, 4) is 0 Å². The lowest BCUT2D eigenvalue weighted by Crippen LogP contribution is -2.53. The third kappa shape index (κ3) is 6.53. The van der Waals surface area contributed by atoms with Gasteiger partial charge in [0.15, 0.2) is 0 Å². The molecule has 0 aliphatic carbocycles. The molecule has 0 spiro atoms. The third-order valence-corrected chi connectivity index (χ3v) is 2.87. The summed E-state index contributed by atoms with van der Waals surface area (Å²) in [5.74, 6) is -0.214. The number of alkyl halides is 2. The number of carbonyl (C=O) groups is 1. The Morgan fingerprint density at radius 1 is 1.41 bits per heavy atom. The maximum atomic E-state index is 11.8. The number of nitrogens with one attached hydrogen (secondary N) is 1. The lowest BCUT2D eigenvalue weighted by atomic mass is 9.93. The number of ether oxygens (including phenoxy) is 1. The molecule has 0 fully saturated rings. The smallest absolute Gasteiger partial charge is 0.261 e. The van der Waals surface area contributed by atoms with Crippen molar-refractivity contribution < 1.29 is 18.3 Å². The van der Waals surface area contributed by atoms with E-state index in [-0.39, 0.29) is 24.5 Å². The number of carbonyl (C=O) groups excluding carboxylic acids is 1. The van der Waals surface area contributed by atoms with E-state index in [4.69, 9.17) is 5.73 Å². The third-order valence-electron chi connectivity index (χ3n) is 2.87. The minimum atomic E-state index is -2.49. The van der Waals surface area contributed by atoms with Crippen LogP contribution in [-0.2, 0) is 9.53 Å². The highest BCUT2D eigenvalue weighted by Crippen LogP contribution is 2.13. The second-order valence-corrected chi connectivity index (χ2v) is 3.96. The van der Waals surface area contributed by atoms with E-state index in [9.17, 15) is 13.6 Å². The molecule has 4 nitrogen and oxygen atoms in total. The Labute approximate surface area is 101 Å². The number of hydrogen-bond donors (Lipinski definition) is 2. The van der Waals surface area contributed by atoms with E-state index in [1.54, 1.807) is 0 Å². The zero-order chi connectivity index (χ0) is 13.3. The van der Waals surface area contributed by atoms with E-state index in [0.29, 0.717) is 6.54 Å². The van der Waals surface area contributed by atoms with Crippen LogP contribution in [0.2, 0.25) is 0 Å². The van der Waals surface area contributed by atoms with Crippen LogP contribution in [0.4, 0.5) is 8.78 Å². The summed E-state index contributed by atoms with van der Waals surface area (Å²) in [6.07, 6.45) is -0.936. The van der Waals surface area contributed by atoms with Crippen LogP contribution in [0.15, 0.2) is 0 Å². The van der Waals surface area contributed by atoms with Crippen LogP contribution in [-0.4, -0.2) is 37.6 Å². The Hall–Kier alpha value is -0.750. The summed E-state index contributed by atoms with van der Waals surface area (Å²) in [7, 11) is 0. The lowest BCUT2D eigenvalue weighted by Gasteiger charge is -2.31. The van der Waals surface area contributed by atoms with E-state index in [1.165, 1.54) is 0 Å². The average Bonchev–Trinajstić information content (AvgIpc) is 2.32. The maximum Gasteiger partial charge on any atom is 0.261 e. The summed E-state index contributed by atoms with van der Waals surface area (Å²) >= 11 is 0. The molecule has 0 saturated carbocycles. The quantitative estimate of drug-likeness (QED) is 0.608. The fourth-order valence-electron chi connectivity index (χ4n) is 1.46. The Morgan fingerprint density at radius 2 is 2.00 bits per heavy atom. The van der Waals surface area contributed by atoms with E-state index in [0.717, 1.165) is 12.8 Å². The predicted octanol–water partition coefficient (Wildman–Crippen LogP) is 1.29. The molecule has 102 valence electrons. The van der Waals surface area contributed by atoms with Gasteiger partial charge in [-0.15, -0.1) is 0 Å². The van der Waals surface area contributed by atoms with Gasteiger partial charge < -0.3 is 15.8 Å². The zero-order valence-electron chi connectivity index (χ0n) is 10.5. The molecule has 17 heavy (non-hydrogen) atoms. The van der Waals surface area contributed by atoms with E-state index in [1.807, 2.05) is 13.8 Å². The first-order valence-electron chi connectivity index (χ1n) is 5.86. The molecule has 0 unspecified atom stereocenters. The van der Waals surface area contributed by atoms with Crippen molar-refractivity contribution in [2.75, 3.05) is 19.8 Å². The Morgan fingerprint density at radius 3 is 2.41 bits per heavy atom. The number of rotatable bonds is 9. The van der Waals surface area contributed by atoms with Crippen LogP contribution in [0.1, 0.15) is 33.1 Å². The summed E-state index contributed by atoms with van der Waals surface area (Å²) in [5, 5.41) is 2.84. The highest BCUT2D eigenvalue weighted by molar-refractivity contribution is 5.76. The summed E-state index contributed by atoms with van der Waals surface area (Å²) < 4.78 is 28.1. The topological polar surface area (TPSA) is 64.3 Å². The summed E-state index contributed by atoms with van der Waals surface area (Å²) in [4.78, 5) is 11.5. The molecule has 0 aromatic rings. The maximum absolute atomic E-state index is 11.8. The van der Waals surface area contributed by atoms with Gasteiger partial charge in [0.25, 0.3) is 6.43 Å². The van der Waals surface area contributed by atoms with Gasteiger partial charge in [0, 0.05) is 13.0 Å². The van der Waals surface area contributed by atoms with Crippen LogP contribution >= 0.6 is 0 Å². The zero-order valence-corrected chi connectivity index (χ0v) is 10.5. The van der Waals surface area contributed by atoms with Crippen LogP contribution < -0.4 is 11.1 Å². The fourth-order valence-corrected chi connectivity index (χ4v) is 1.46. The number of amides is 1. The second kappa shape index (κ2) is 8.36. The van der Waals surface area contributed by atoms with Crippen molar-refractivity contribution in [2.45, 2.75) is 45.1 Å². The van der Waals surface area contributed by atoms with Gasteiger partial charge in [0.2, 0.25) is 5.91 Å². The minimum Gasteiger partial charge on any atom is -0.375 e. The molecule has 0 heterocycles. The SMILES string of the molecule is CCC(CC)(CN)NC(=O)CCOCC(F)F. The molecule has 0 bridgehead atoms. The van der Waals surface area contributed by atoms with Gasteiger partial charge in [-0.1, -0.05) is 13.8 Å². The van der Waals surface area contributed by atoms with Crippen molar-refractivity contribution >= 4 is 5.91 Å². The van der Waals surface area contributed by atoms with Crippen LogP contribution in [0, 0.1) is 0 Å². The summed E-state index contributed by atoms with van der Waals surface area (Å²) in [6, 6.07) is 0. The first kappa shape index (κ1) is 16.2. The molecule has 0 saturated heterocycles. The molecule has 3 N–H and O–H groups in total. The standard InChI is InChI=1S/C11H22F2N2O2/c1-3-11(4-2,8-14)15-10(16)5-6-17-7-9(12)13/h9H,3-8,14H2,1-2H3,(H,15,16). The Balaban J connectivity index is 3.91. The second-order valence-electron chi connectivity index (χ2n) is 3.96. The molecule has 0 aromatic carbocycles. The Kier molecular flexibility index (Phi) is 7.99. The van der Waals surface area contributed by atoms with Crippen molar-refractivity contribution in [1.29, 1.82) is 0 Å². The molecule has 0 rings (SSSR count). The Bertz CT molecular complexity index is 213. The van der Waals surface area contributed by atoms with Gasteiger partial charge in [-0.25, -0.2) is 8.78 Å². The molecule has 0 aliphatic rings. The molecular formula is C11H22F2N2O2. The van der Waals surface area contributed by atoms with Crippen molar-refractivity contribution in [3.63, 3.8) is 0 Å². The van der Waals surface area contributed by atoms with Crippen LogP contribution in [0.25, 0.3) is 0 Å². The van der Waals surface area contributed by atoms with Gasteiger partial charge in [-0.2, -0.15) is 0 Å². The van der Waals surface area contributed by atoms with Gasteiger partial charge >= 0.3 is 0 Å². The van der Waals surface area contributed by atoms with E-state index in [2.05, 4.69) is 10.1 Å². The van der Waals surface area contributed by atoms with Crippen LogP contribution in [0.5, 0.6) is 0 Å². The molecule has 6 heteroatoms. The van der Waals surface area contributed by atoms with Crippen molar-refractivity contribution in [2.24, 2.45) is 5.73 Å². The first-order chi connectivity index (χ1) is 7.99. The average molecular weight is 252 g/mol. The predicted molar refractivity (Wildman–Crippen MR) is 62.0 cm³/mol. The lowest BCUT2D eigenvalue weighted by molar-refractivity contribution is -0.124. The molecule has 1 amide bonds. The number of halogens is 2. The van der Waals surface area contributed by atoms with Gasteiger partial charge in [0.1, 0.15) is 6.61 Å². The monoisotopic (exact) mass is 252 g/mol. The van der Waals surface area contributed by atoms with E-state index >= 15 is 0 Å². The highest BCUT2D eigenvalue weighted by atomic mass is 19.3. The number of hydrogen-bond acceptors (Lipinski definition) is 3. The van der Waals surface area contributed by atoms with Crippen molar-refractivity contribution in [1.82, 2.24) is 5.32 Å². The van der Waals surface area contributed by atoms with Crippen LogP contribution in [0.3, 0.4) is 0 Å². The van der Waals surface area contributed by atoms with Gasteiger partial charge in [-0.3, -0.25) is 4.79 Å². The van der Waals surface area contributed by atoms with Gasteiger partial charge in [-0.05, 0) is 12.8 Å². The van der Waals surface area contributed by atoms with E-state index < -0.39 is 13.0 Å². The molecular weight excluding hydrogens is 230 g/mol. The molecule has 0 radical (unpaired) electrons. The fraction of sp³-hybridized carbons (Fsp3) is 0.909.